The molecule has 0 spiro atoms. The van der Waals surface area contributed by atoms with Gasteiger partial charge in [-0.05, 0) is 13.0 Å². The molecular formula is C12H13N3. The van der Waals surface area contributed by atoms with Crippen LogP contribution in [-0.2, 0) is 13.0 Å². The number of aryl methyl sites for hydroxylation is 2. The predicted octanol–water partition coefficient (Wildman–Crippen LogP) is 2.51. The van der Waals surface area contributed by atoms with Crippen LogP contribution in [0.15, 0.2) is 24.3 Å². The Hall–Kier alpha value is -1.82. The summed E-state index contributed by atoms with van der Waals surface area (Å²) in [5.74, 6) is 0. The molecule has 0 unspecified atom stereocenters. The average Bonchev–Trinajstić information content (AvgIpc) is 2.65. The van der Waals surface area contributed by atoms with Crippen LogP contribution in [-0.4, -0.2) is 9.78 Å². The fourth-order valence-corrected chi connectivity index (χ4v) is 1.80. The zero-order valence-corrected chi connectivity index (χ0v) is 8.77. The quantitative estimate of drug-likeness (QED) is 0.762. The number of rotatable bonds is 3. The van der Waals surface area contributed by atoms with Gasteiger partial charge < -0.3 is 0 Å². The fourth-order valence-electron chi connectivity index (χ4n) is 1.80. The Morgan fingerprint density at radius 2 is 2.20 bits per heavy atom. The summed E-state index contributed by atoms with van der Waals surface area (Å²) in [7, 11) is 0. The van der Waals surface area contributed by atoms with Gasteiger partial charge in [-0.15, -0.1) is 0 Å². The van der Waals surface area contributed by atoms with E-state index in [4.69, 9.17) is 5.26 Å². The van der Waals surface area contributed by atoms with Crippen LogP contribution in [0.3, 0.4) is 0 Å². The third kappa shape index (κ3) is 1.71. The number of para-hydroxylation sites is 1. The summed E-state index contributed by atoms with van der Waals surface area (Å²) in [6.07, 6.45) is 1.27. The topological polar surface area (TPSA) is 41.6 Å². The van der Waals surface area contributed by atoms with Gasteiger partial charge in [0.2, 0.25) is 0 Å². The zero-order chi connectivity index (χ0) is 10.7. The number of nitriles is 1. The van der Waals surface area contributed by atoms with Gasteiger partial charge in [-0.25, -0.2) is 0 Å². The molecule has 2 aromatic rings. The Bertz CT molecular complexity index is 505. The summed E-state index contributed by atoms with van der Waals surface area (Å²) in [5.41, 5.74) is 2.20. The molecule has 0 fully saturated rings. The molecule has 0 aliphatic rings. The Kier molecular flexibility index (Phi) is 2.68. The minimum Gasteiger partial charge on any atom is -0.265 e. The number of benzene rings is 1. The van der Waals surface area contributed by atoms with Crippen molar-refractivity contribution < 1.29 is 0 Å². The van der Waals surface area contributed by atoms with Gasteiger partial charge in [0.25, 0.3) is 0 Å². The molecule has 1 heterocycles. The van der Waals surface area contributed by atoms with Crippen molar-refractivity contribution in [2.75, 3.05) is 0 Å². The molecule has 0 saturated carbocycles. The normalized spacial score (nSPS) is 10.4. The Labute approximate surface area is 88.9 Å². The van der Waals surface area contributed by atoms with Gasteiger partial charge in [-0.3, -0.25) is 4.68 Å². The third-order valence-electron chi connectivity index (χ3n) is 2.51. The van der Waals surface area contributed by atoms with Crippen molar-refractivity contribution in [3.63, 3.8) is 0 Å². The number of aromatic nitrogens is 2. The van der Waals surface area contributed by atoms with Crippen molar-refractivity contribution in [2.24, 2.45) is 0 Å². The van der Waals surface area contributed by atoms with Crippen LogP contribution in [0, 0.1) is 11.3 Å². The van der Waals surface area contributed by atoms with E-state index in [2.05, 4.69) is 30.2 Å². The maximum absolute atomic E-state index is 8.58. The highest BCUT2D eigenvalue weighted by Crippen LogP contribution is 2.19. The standard InChI is InChI=1S/C12H13N3/c1-2-15-12-8-4-3-6-10(12)11(14-15)7-5-9-13/h3-4,6,8H,2,5,7H2,1H3. The molecule has 0 amide bonds. The minimum atomic E-state index is 0.532. The molecule has 0 N–H and O–H groups in total. The third-order valence-corrected chi connectivity index (χ3v) is 2.51. The molecule has 2 rings (SSSR count). The predicted molar refractivity (Wildman–Crippen MR) is 59.3 cm³/mol. The molecule has 3 heteroatoms. The van der Waals surface area contributed by atoms with E-state index in [0.717, 1.165) is 24.2 Å². The monoisotopic (exact) mass is 199 g/mol. The van der Waals surface area contributed by atoms with E-state index in [0.29, 0.717) is 6.42 Å². The van der Waals surface area contributed by atoms with Gasteiger partial charge in [-0.2, -0.15) is 10.4 Å². The van der Waals surface area contributed by atoms with Crippen molar-refractivity contribution in [1.29, 1.82) is 5.26 Å². The maximum Gasteiger partial charge on any atom is 0.0713 e. The van der Waals surface area contributed by atoms with Crippen molar-refractivity contribution in [3.05, 3.63) is 30.0 Å². The molecule has 0 aliphatic heterocycles. The second-order valence-electron chi connectivity index (χ2n) is 3.44. The first-order chi connectivity index (χ1) is 7.36. The number of hydrogen-bond acceptors (Lipinski definition) is 2. The van der Waals surface area contributed by atoms with E-state index in [9.17, 15) is 0 Å². The maximum atomic E-state index is 8.58. The SMILES string of the molecule is CCn1nc(CCC#N)c2ccccc21. The highest BCUT2D eigenvalue weighted by Gasteiger charge is 2.07. The molecule has 0 saturated heterocycles. The van der Waals surface area contributed by atoms with Gasteiger partial charge in [0.15, 0.2) is 0 Å². The lowest BCUT2D eigenvalue weighted by atomic mass is 10.1. The van der Waals surface area contributed by atoms with Crippen molar-refractivity contribution in [2.45, 2.75) is 26.3 Å². The van der Waals surface area contributed by atoms with Crippen LogP contribution in [0.4, 0.5) is 0 Å². The molecule has 15 heavy (non-hydrogen) atoms. The van der Waals surface area contributed by atoms with Gasteiger partial charge in [0, 0.05) is 24.8 Å². The van der Waals surface area contributed by atoms with Gasteiger partial charge in [-0.1, -0.05) is 18.2 Å². The number of hydrogen-bond donors (Lipinski definition) is 0. The van der Waals surface area contributed by atoms with Crippen LogP contribution in [0.1, 0.15) is 19.0 Å². The van der Waals surface area contributed by atoms with Crippen LogP contribution < -0.4 is 0 Å². The fraction of sp³-hybridized carbons (Fsp3) is 0.333. The van der Waals surface area contributed by atoms with Crippen LogP contribution >= 0.6 is 0 Å². The van der Waals surface area contributed by atoms with Gasteiger partial charge in [0.05, 0.1) is 17.3 Å². The molecule has 1 aromatic heterocycles. The van der Waals surface area contributed by atoms with Crippen molar-refractivity contribution in [3.8, 4) is 6.07 Å². The van der Waals surface area contributed by atoms with Gasteiger partial charge >= 0.3 is 0 Å². The average molecular weight is 199 g/mol. The summed E-state index contributed by atoms with van der Waals surface area (Å²) >= 11 is 0. The van der Waals surface area contributed by atoms with Crippen molar-refractivity contribution >= 4 is 10.9 Å². The lowest BCUT2D eigenvalue weighted by molar-refractivity contribution is 0.667. The molecule has 0 aliphatic carbocycles. The lowest BCUT2D eigenvalue weighted by Gasteiger charge is -1.95. The van der Waals surface area contributed by atoms with Crippen LogP contribution in [0.5, 0.6) is 0 Å². The highest BCUT2D eigenvalue weighted by atomic mass is 15.3. The number of fused-ring (bicyclic) bond motifs is 1. The number of nitrogens with zero attached hydrogens (tertiary/aromatic N) is 3. The van der Waals surface area contributed by atoms with E-state index in [1.54, 1.807) is 0 Å². The summed E-state index contributed by atoms with van der Waals surface area (Å²) in [4.78, 5) is 0. The van der Waals surface area contributed by atoms with Gasteiger partial charge in [0.1, 0.15) is 0 Å². The molecule has 0 bridgehead atoms. The molecule has 1 aromatic carbocycles. The van der Waals surface area contributed by atoms with E-state index in [1.165, 1.54) is 5.39 Å². The first-order valence-corrected chi connectivity index (χ1v) is 5.18. The van der Waals surface area contributed by atoms with Crippen molar-refractivity contribution in [1.82, 2.24) is 9.78 Å². The second-order valence-corrected chi connectivity index (χ2v) is 3.44. The van der Waals surface area contributed by atoms with E-state index in [-0.39, 0.29) is 0 Å². The molecule has 0 radical (unpaired) electrons. The first-order valence-electron chi connectivity index (χ1n) is 5.18. The molecule has 3 nitrogen and oxygen atoms in total. The van der Waals surface area contributed by atoms with E-state index < -0.39 is 0 Å². The molecular weight excluding hydrogens is 186 g/mol. The molecule has 0 atom stereocenters. The lowest BCUT2D eigenvalue weighted by Crippen LogP contribution is -1.96. The van der Waals surface area contributed by atoms with E-state index >= 15 is 0 Å². The summed E-state index contributed by atoms with van der Waals surface area (Å²) in [6.45, 7) is 2.95. The zero-order valence-electron chi connectivity index (χ0n) is 8.77. The smallest absolute Gasteiger partial charge is 0.0713 e. The van der Waals surface area contributed by atoms with E-state index in [1.807, 2.05) is 16.8 Å². The highest BCUT2D eigenvalue weighted by molar-refractivity contribution is 5.81. The Morgan fingerprint density at radius 1 is 1.40 bits per heavy atom. The van der Waals surface area contributed by atoms with Crippen LogP contribution in [0.2, 0.25) is 0 Å². The Balaban J connectivity index is 2.51. The summed E-state index contributed by atoms with van der Waals surface area (Å²) < 4.78 is 1.99. The summed E-state index contributed by atoms with van der Waals surface area (Å²) in [6, 6.07) is 10.3. The second kappa shape index (κ2) is 4.14. The molecule has 76 valence electrons. The summed E-state index contributed by atoms with van der Waals surface area (Å²) in [5, 5.41) is 14.3. The minimum absolute atomic E-state index is 0.532. The van der Waals surface area contributed by atoms with Crippen LogP contribution in [0.25, 0.3) is 10.9 Å². The largest absolute Gasteiger partial charge is 0.265 e. The first kappa shape index (κ1) is 9.72. The Morgan fingerprint density at radius 3 is 2.93 bits per heavy atom.